The Morgan fingerprint density at radius 3 is 2.40 bits per heavy atom. The van der Waals surface area contributed by atoms with Gasteiger partial charge in [0.1, 0.15) is 0 Å². The van der Waals surface area contributed by atoms with Crippen LogP contribution < -0.4 is 0 Å². The lowest BCUT2D eigenvalue weighted by Gasteiger charge is -2.44. The van der Waals surface area contributed by atoms with E-state index in [-0.39, 0.29) is 17.9 Å². The Morgan fingerprint density at radius 2 is 1.93 bits per heavy atom. The Hall–Kier alpha value is -0.130. The SMILES string of the molecule is COC(=O)[C@]1(O)O[C@@H](C)[C@H](C)[C@@H](C)[C@@H]1Br. The second-order valence-electron chi connectivity index (χ2n) is 4.13. The molecule has 0 aromatic carbocycles. The number of methoxy groups -OCH3 is 1. The first-order valence-corrected chi connectivity index (χ1v) is 5.88. The minimum Gasteiger partial charge on any atom is -0.465 e. The highest BCUT2D eigenvalue weighted by Crippen LogP contribution is 2.40. The zero-order valence-electron chi connectivity index (χ0n) is 9.36. The second-order valence-corrected chi connectivity index (χ2v) is 5.12. The molecule has 0 aromatic rings. The monoisotopic (exact) mass is 280 g/mol. The molecule has 1 saturated heterocycles. The van der Waals surface area contributed by atoms with Crippen LogP contribution in [0.4, 0.5) is 0 Å². The first kappa shape index (κ1) is 12.9. The standard InChI is InChI=1S/C10H17BrO4/c1-5-6(2)8(11)10(13,9(12)14-4)15-7(5)3/h5-8,13H,1-4H3/t5-,6-,7+,8+,10-/m1/s1. The van der Waals surface area contributed by atoms with Crippen LogP contribution in [0.25, 0.3) is 0 Å². The van der Waals surface area contributed by atoms with E-state index in [1.807, 2.05) is 20.8 Å². The summed E-state index contributed by atoms with van der Waals surface area (Å²) in [6, 6.07) is 0. The van der Waals surface area contributed by atoms with Crippen molar-refractivity contribution in [2.75, 3.05) is 7.11 Å². The number of carbonyl (C=O) groups is 1. The van der Waals surface area contributed by atoms with Crippen LogP contribution in [0, 0.1) is 11.8 Å². The van der Waals surface area contributed by atoms with Gasteiger partial charge in [0, 0.05) is 0 Å². The van der Waals surface area contributed by atoms with Crippen LogP contribution in [-0.2, 0) is 14.3 Å². The largest absolute Gasteiger partial charge is 0.465 e. The smallest absolute Gasteiger partial charge is 0.367 e. The molecule has 1 aliphatic rings. The summed E-state index contributed by atoms with van der Waals surface area (Å²) in [7, 11) is 1.23. The zero-order chi connectivity index (χ0) is 11.8. The van der Waals surface area contributed by atoms with E-state index >= 15 is 0 Å². The number of aliphatic hydroxyl groups is 1. The number of rotatable bonds is 1. The first-order chi connectivity index (χ1) is 6.84. The highest BCUT2D eigenvalue weighted by molar-refractivity contribution is 9.09. The molecule has 1 heterocycles. The third-order valence-corrected chi connectivity index (χ3v) is 4.70. The Labute approximate surface area is 98.1 Å². The molecule has 0 aromatic heterocycles. The van der Waals surface area contributed by atoms with Gasteiger partial charge in [-0.2, -0.15) is 0 Å². The number of halogens is 1. The predicted molar refractivity (Wildman–Crippen MR) is 58.6 cm³/mol. The van der Waals surface area contributed by atoms with E-state index in [0.717, 1.165) is 0 Å². The molecule has 0 bridgehead atoms. The van der Waals surface area contributed by atoms with Crippen LogP contribution in [0.15, 0.2) is 0 Å². The third-order valence-electron chi connectivity index (χ3n) is 3.25. The normalized spacial score (nSPS) is 46.3. The Balaban J connectivity index is 2.96. The molecule has 0 amide bonds. The van der Waals surface area contributed by atoms with Crippen molar-refractivity contribution in [1.82, 2.24) is 0 Å². The van der Waals surface area contributed by atoms with Gasteiger partial charge < -0.3 is 14.6 Å². The Morgan fingerprint density at radius 1 is 1.40 bits per heavy atom. The van der Waals surface area contributed by atoms with Crippen molar-refractivity contribution in [2.45, 2.75) is 37.5 Å². The summed E-state index contributed by atoms with van der Waals surface area (Å²) < 4.78 is 9.91. The van der Waals surface area contributed by atoms with E-state index in [1.54, 1.807) is 0 Å². The lowest BCUT2D eigenvalue weighted by Crippen LogP contribution is -2.59. The van der Waals surface area contributed by atoms with Crippen molar-refractivity contribution in [2.24, 2.45) is 11.8 Å². The van der Waals surface area contributed by atoms with E-state index < -0.39 is 16.6 Å². The molecular weight excluding hydrogens is 264 g/mol. The van der Waals surface area contributed by atoms with Gasteiger partial charge in [-0.05, 0) is 18.8 Å². The van der Waals surface area contributed by atoms with E-state index in [9.17, 15) is 9.90 Å². The van der Waals surface area contributed by atoms with Crippen molar-refractivity contribution >= 4 is 21.9 Å². The molecule has 5 heteroatoms. The third kappa shape index (κ3) is 2.05. The molecule has 0 aliphatic carbocycles. The highest BCUT2D eigenvalue weighted by Gasteiger charge is 2.54. The number of ether oxygens (including phenoxy) is 2. The van der Waals surface area contributed by atoms with Crippen molar-refractivity contribution in [3.8, 4) is 0 Å². The van der Waals surface area contributed by atoms with Gasteiger partial charge in [0.15, 0.2) is 0 Å². The second kappa shape index (κ2) is 4.39. The van der Waals surface area contributed by atoms with Gasteiger partial charge in [-0.25, -0.2) is 4.79 Å². The van der Waals surface area contributed by atoms with Crippen LogP contribution >= 0.6 is 15.9 Å². The molecule has 4 nitrogen and oxygen atoms in total. The fourth-order valence-electron chi connectivity index (χ4n) is 1.81. The molecule has 1 N–H and O–H groups in total. The quantitative estimate of drug-likeness (QED) is 0.581. The van der Waals surface area contributed by atoms with Gasteiger partial charge in [0.25, 0.3) is 5.79 Å². The van der Waals surface area contributed by atoms with Crippen LogP contribution in [0.3, 0.4) is 0 Å². The molecule has 0 spiro atoms. The molecule has 15 heavy (non-hydrogen) atoms. The van der Waals surface area contributed by atoms with Crippen molar-refractivity contribution in [1.29, 1.82) is 0 Å². The Kier molecular flexibility index (Phi) is 3.79. The summed E-state index contributed by atoms with van der Waals surface area (Å²) in [6.45, 7) is 5.84. The van der Waals surface area contributed by atoms with E-state index in [0.29, 0.717) is 0 Å². The minimum atomic E-state index is -1.87. The Bertz CT molecular complexity index is 258. The lowest BCUT2D eigenvalue weighted by atomic mass is 9.82. The topological polar surface area (TPSA) is 55.8 Å². The molecule has 5 atom stereocenters. The summed E-state index contributed by atoms with van der Waals surface area (Å²) >= 11 is 3.31. The molecule has 0 radical (unpaired) electrons. The van der Waals surface area contributed by atoms with Crippen LogP contribution in [0.1, 0.15) is 20.8 Å². The fourth-order valence-corrected chi connectivity index (χ4v) is 2.59. The molecule has 1 aliphatic heterocycles. The number of esters is 1. The average Bonchev–Trinajstić information content (AvgIpc) is 2.22. The maximum Gasteiger partial charge on any atom is 0.367 e. The van der Waals surface area contributed by atoms with E-state index in [2.05, 4.69) is 20.7 Å². The molecular formula is C10H17BrO4. The van der Waals surface area contributed by atoms with Gasteiger partial charge in [0.2, 0.25) is 0 Å². The van der Waals surface area contributed by atoms with E-state index in [4.69, 9.17) is 4.74 Å². The number of alkyl halides is 1. The molecule has 0 saturated carbocycles. The maximum atomic E-state index is 11.5. The van der Waals surface area contributed by atoms with Gasteiger partial charge in [0.05, 0.1) is 18.0 Å². The molecule has 1 fully saturated rings. The van der Waals surface area contributed by atoms with Crippen LogP contribution in [0.5, 0.6) is 0 Å². The zero-order valence-corrected chi connectivity index (χ0v) is 10.9. The summed E-state index contributed by atoms with van der Waals surface area (Å²) in [5.74, 6) is -2.24. The fraction of sp³-hybridized carbons (Fsp3) is 0.900. The highest BCUT2D eigenvalue weighted by atomic mass is 79.9. The van der Waals surface area contributed by atoms with Gasteiger partial charge >= 0.3 is 5.97 Å². The van der Waals surface area contributed by atoms with Gasteiger partial charge in [-0.1, -0.05) is 29.8 Å². The first-order valence-electron chi connectivity index (χ1n) is 4.97. The number of hydrogen-bond acceptors (Lipinski definition) is 4. The van der Waals surface area contributed by atoms with Gasteiger partial charge in [-0.15, -0.1) is 0 Å². The minimum absolute atomic E-state index is 0.123. The summed E-state index contributed by atoms with van der Waals surface area (Å²) in [5, 5.41) is 10.1. The molecule has 88 valence electrons. The summed E-state index contributed by atoms with van der Waals surface area (Å²) in [4.78, 5) is 11.0. The summed E-state index contributed by atoms with van der Waals surface area (Å²) in [6.07, 6.45) is -0.183. The van der Waals surface area contributed by atoms with Crippen molar-refractivity contribution < 1.29 is 19.4 Å². The average molecular weight is 281 g/mol. The van der Waals surface area contributed by atoms with E-state index in [1.165, 1.54) is 7.11 Å². The lowest BCUT2D eigenvalue weighted by molar-refractivity contribution is -0.268. The molecule has 1 rings (SSSR count). The van der Waals surface area contributed by atoms with Crippen LogP contribution in [0.2, 0.25) is 0 Å². The predicted octanol–water partition coefficient (Wildman–Crippen LogP) is 1.30. The number of carbonyl (C=O) groups excluding carboxylic acids is 1. The van der Waals surface area contributed by atoms with Crippen LogP contribution in [-0.4, -0.2) is 34.9 Å². The van der Waals surface area contributed by atoms with Crippen molar-refractivity contribution in [3.05, 3.63) is 0 Å². The molecule has 0 unspecified atom stereocenters. The summed E-state index contributed by atoms with van der Waals surface area (Å²) in [5.41, 5.74) is 0. The maximum absolute atomic E-state index is 11.5. The van der Waals surface area contributed by atoms with Crippen molar-refractivity contribution in [3.63, 3.8) is 0 Å². The number of hydrogen-bond donors (Lipinski definition) is 1. The van der Waals surface area contributed by atoms with Gasteiger partial charge in [-0.3, -0.25) is 0 Å².